The second-order valence-corrected chi connectivity index (χ2v) is 6.69. The minimum Gasteiger partial charge on any atom is -0.492 e. The summed E-state index contributed by atoms with van der Waals surface area (Å²) in [5, 5.41) is 2.70. The van der Waals surface area contributed by atoms with Gasteiger partial charge < -0.3 is 14.8 Å². The summed E-state index contributed by atoms with van der Waals surface area (Å²) in [5.41, 5.74) is 0.599. The summed E-state index contributed by atoms with van der Waals surface area (Å²) < 4.78 is 11.9. The number of alkyl carbamates (subject to hydrolysis) is 1. The van der Waals surface area contributed by atoms with Crippen LogP contribution < -0.4 is 10.1 Å². The number of nitrogens with one attached hydrogen (secondary N) is 1. The van der Waals surface area contributed by atoms with Gasteiger partial charge in [0.15, 0.2) is 0 Å². The Balaban J connectivity index is 2.26. The van der Waals surface area contributed by atoms with E-state index in [4.69, 9.17) is 9.47 Å². The van der Waals surface area contributed by atoms with Crippen molar-refractivity contribution in [3.05, 3.63) is 33.9 Å². The second kappa shape index (κ2) is 8.26. The normalized spacial score (nSPS) is 10.9. The summed E-state index contributed by atoms with van der Waals surface area (Å²) in [6.07, 6.45) is 2.13. The average Bonchev–Trinajstić information content (AvgIpc) is 2.37. The van der Waals surface area contributed by atoms with Crippen molar-refractivity contribution >= 4 is 34.8 Å². The summed E-state index contributed by atoms with van der Waals surface area (Å²) in [5.74, 6) is 0.846. The van der Waals surface area contributed by atoms with E-state index in [0.29, 0.717) is 13.2 Å². The van der Waals surface area contributed by atoms with Gasteiger partial charge in [-0.1, -0.05) is 18.7 Å². The molecule has 1 rings (SSSR count). The van der Waals surface area contributed by atoms with Crippen molar-refractivity contribution in [3.8, 4) is 5.75 Å². The molecule has 4 nitrogen and oxygen atoms in total. The maximum atomic E-state index is 11.4. The first-order chi connectivity index (χ1) is 9.81. The lowest BCUT2D eigenvalue weighted by molar-refractivity contribution is 0.0525. The number of benzene rings is 1. The van der Waals surface area contributed by atoms with Crippen LogP contribution in [0.15, 0.2) is 24.8 Å². The molecule has 0 fully saturated rings. The van der Waals surface area contributed by atoms with Crippen molar-refractivity contribution in [2.45, 2.75) is 32.8 Å². The fraction of sp³-hybridized carbons (Fsp3) is 0.438. The predicted octanol–water partition coefficient (Wildman–Crippen LogP) is 4.23. The van der Waals surface area contributed by atoms with Gasteiger partial charge in [-0.25, -0.2) is 4.79 Å². The molecule has 0 bridgehead atoms. The lowest BCUT2D eigenvalue weighted by atomic mass is 10.2. The topological polar surface area (TPSA) is 47.6 Å². The van der Waals surface area contributed by atoms with E-state index in [9.17, 15) is 4.79 Å². The number of carbonyl (C=O) groups excluding carboxylic acids is 1. The van der Waals surface area contributed by atoms with Crippen LogP contribution in [-0.4, -0.2) is 24.8 Å². The largest absolute Gasteiger partial charge is 0.492 e. The smallest absolute Gasteiger partial charge is 0.407 e. The molecule has 0 aliphatic carbocycles. The fourth-order valence-corrected chi connectivity index (χ4v) is 2.22. The van der Waals surface area contributed by atoms with Gasteiger partial charge >= 0.3 is 6.09 Å². The van der Waals surface area contributed by atoms with Gasteiger partial charge in [-0.15, -0.1) is 0 Å². The average molecular weight is 403 g/mol. The molecule has 0 unspecified atom stereocenters. The Morgan fingerprint density at radius 2 is 2.14 bits per heavy atom. The van der Waals surface area contributed by atoms with E-state index < -0.39 is 11.7 Å². The van der Waals surface area contributed by atoms with Crippen molar-refractivity contribution in [2.24, 2.45) is 0 Å². The lowest BCUT2D eigenvalue weighted by Crippen LogP contribution is -2.33. The van der Waals surface area contributed by atoms with E-state index in [1.807, 2.05) is 39.0 Å². The van der Waals surface area contributed by atoms with Crippen LogP contribution in [0, 0.1) is 3.57 Å². The van der Waals surface area contributed by atoms with E-state index >= 15 is 0 Å². The van der Waals surface area contributed by atoms with E-state index in [2.05, 4.69) is 34.5 Å². The highest BCUT2D eigenvalue weighted by molar-refractivity contribution is 14.1. The number of hydrogen-bond donors (Lipinski definition) is 1. The van der Waals surface area contributed by atoms with Crippen LogP contribution in [-0.2, 0) is 4.74 Å². The maximum absolute atomic E-state index is 11.4. The molecule has 0 spiro atoms. The molecule has 0 aliphatic rings. The first-order valence-electron chi connectivity index (χ1n) is 6.83. The molecule has 21 heavy (non-hydrogen) atoms. The zero-order chi connectivity index (χ0) is 15.9. The molecule has 5 heteroatoms. The van der Waals surface area contributed by atoms with Crippen LogP contribution in [0.4, 0.5) is 4.79 Å². The Hall–Kier alpha value is -1.24. The number of halogens is 1. The Morgan fingerprint density at radius 3 is 2.71 bits per heavy atom. The lowest BCUT2D eigenvalue weighted by Gasteiger charge is -2.19. The van der Waals surface area contributed by atoms with E-state index in [-0.39, 0.29) is 0 Å². The molecule has 0 atom stereocenters. The number of rotatable bonds is 6. The van der Waals surface area contributed by atoms with Gasteiger partial charge in [-0.2, -0.15) is 0 Å². The van der Waals surface area contributed by atoms with Crippen LogP contribution in [0.25, 0.3) is 6.08 Å². The molecule has 1 aromatic carbocycles. The summed E-state index contributed by atoms with van der Waals surface area (Å²) in [4.78, 5) is 11.4. The molecule has 0 aromatic heterocycles. The highest BCUT2D eigenvalue weighted by Gasteiger charge is 2.15. The van der Waals surface area contributed by atoms with Gasteiger partial charge in [-0.05, 0) is 67.5 Å². The van der Waals surface area contributed by atoms with Gasteiger partial charge in [0.25, 0.3) is 0 Å². The van der Waals surface area contributed by atoms with Crippen molar-refractivity contribution in [2.75, 3.05) is 13.2 Å². The van der Waals surface area contributed by atoms with Gasteiger partial charge in [0.1, 0.15) is 11.4 Å². The highest BCUT2D eigenvalue weighted by Crippen LogP contribution is 2.22. The first-order valence-corrected chi connectivity index (χ1v) is 7.91. The summed E-state index contributed by atoms with van der Waals surface area (Å²) in [6.45, 7) is 10.3. The predicted molar refractivity (Wildman–Crippen MR) is 93.6 cm³/mol. The maximum Gasteiger partial charge on any atom is 0.407 e. The molecule has 0 saturated heterocycles. The highest BCUT2D eigenvalue weighted by atomic mass is 127. The van der Waals surface area contributed by atoms with Crippen LogP contribution in [0.1, 0.15) is 32.8 Å². The Kier molecular flexibility index (Phi) is 7.01. The molecule has 1 aromatic rings. The molecule has 0 heterocycles. The third kappa shape index (κ3) is 7.36. The Morgan fingerprint density at radius 1 is 1.43 bits per heavy atom. The van der Waals surface area contributed by atoms with Crippen LogP contribution in [0.3, 0.4) is 0 Å². The molecule has 116 valence electrons. The number of amides is 1. The van der Waals surface area contributed by atoms with Crippen molar-refractivity contribution in [1.82, 2.24) is 5.32 Å². The molecule has 0 aliphatic heterocycles. The molecular weight excluding hydrogens is 381 g/mol. The van der Waals surface area contributed by atoms with Crippen molar-refractivity contribution in [3.63, 3.8) is 0 Å². The standard InChI is InChI=1S/C16H22INO3/c1-5-12-7-8-14(13(17)11-12)20-10-6-9-18-15(19)21-16(2,3)4/h5,7-8,11H,1,6,9-10H2,2-4H3,(H,18,19). The number of hydrogen-bond acceptors (Lipinski definition) is 3. The third-order valence-electron chi connectivity index (χ3n) is 2.44. The summed E-state index contributed by atoms with van der Waals surface area (Å²) in [6, 6.07) is 5.91. The quantitative estimate of drug-likeness (QED) is 0.572. The zero-order valence-electron chi connectivity index (χ0n) is 12.7. The van der Waals surface area contributed by atoms with Gasteiger partial charge in [0, 0.05) is 6.54 Å². The first kappa shape index (κ1) is 17.8. The number of ether oxygens (including phenoxy) is 2. The van der Waals surface area contributed by atoms with Gasteiger partial charge in [-0.3, -0.25) is 0 Å². The third-order valence-corrected chi connectivity index (χ3v) is 3.28. The SMILES string of the molecule is C=Cc1ccc(OCCCNC(=O)OC(C)(C)C)c(I)c1. The van der Waals surface area contributed by atoms with Gasteiger partial charge in [0.05, 0.1) is 10.2 Å². The monoisotopic (exact) mass is 403 g/mol. The second-order valence-electron chi connectivity index (χ2n) is 5.52. The molecular formula is C16H22INO3. The molecule has 1 N–H and O–H groups in total. The van der Waals surface area contributed by atoms with Crippen molar-refractivity contribution in [1.29, 1.82) is 0 Å². The Labute approximate surface area is 140 Å². The molecule has 0 saturated carbocycles. The van der Waals surface area contributed by atoms with Gasteiger partial charge in [0.2, 0.25) is 0 Å². The van der Waals surface area contributed by atoms with Crippen molar-refractivity contribution < 1.29 is 14.3 Å². The van der Waals surface area contributed by atoms with E-state index in [1.165, 1.54) is 0 Å². The van der Waals surface area contributed by atoms with E-state index in [1.54, 1.807) is 6.08 Å². The number of carbonyl (C=O) groups is 1. The summed E-state index contributed by atoms with van der Waals surface area (Å²) >= 11 is 2.23. The zero-order valence-corrected chi connectivity index (χ0v) is 14.9. The Bertz CT molecular complexity index is 495. The van der Waals surface area contributed by atoms with Crippen LogP contribution >= 0.6 is 22.6 Å². The molecule has 0 radical (unpaired) electrons. The fourth-order valence-electron chi connectivity index (χ4n) is 1.52. The van der Waals surface area contributed by atoms with Crippen LogP contribution in [0.2, 0.25) is 0 Å². The minimum absolute atomic E-state index is 0.396. The van der Waals surface area contributed by atoms with Crippen LogP contribution in [0.5, 0.6) is 5.75 Å². The minimum atomic E-state index is -0.469. The molecule has 1 amide bonds. The van der Waals surface area contributed by atoms with E-state index in [0.717, 1.165) is 21.3 Å². The summed E-state index contributed by atoms with van der Waals surface area (Å²) in [7, 11) is 0.